The van der Waals surface area contributed by atoms with E-state index in [1.54, 1.807) is 0 Å². The Morgan fingerprint density at radius 1 is 1.03 bits per heavy atom. The number of guanidine groups is 1. The van der Waals surface area contributed by atoms with Crippen molar-refractivity contribution in [1.29, 1.82) is 0 Å². The molecule has 0 amide bonds. The van der Waals surface area contributed by atoms with E-state index in [0.29, 0.717) is 6.04 Å². The average molecular weight is 412 g/mol. The first-order valence-electron chi connectivity index (χ1n) is 12.1. The molecule has 3 aliphatic rings. The predicted octanol–water partition coefficient (Wildman–Crippen LogP) is 3.39. The third-order valence-electron chi connectivity index (χ3n) is 7.70. The lowest BCUT2D eigenvalue weighted by atomic mass is 9.82. The first kappa shape index (κ1) is 21.6. The van der Waals surface area contributed by atoms with Crippen molar-refractivity contribution in [2.45, 2.75) is 76.5 Å². The van der Waals surface area contributed by atoms with Crippen LogP contribution in [-0.2, 0) is 6.54 Å². The van der Waals surface area contributed by atoms with Gasteiger partial charge in [-0.2, -0.15) is 0 Å². The normalized spacial score (nSPS) is 29.0. The number of hydrogen-bond acceptors (Lipinski definition) is 3. The van der Waals surface area contributed by atoms with Gasteiger partial charge in [0.05, 0.1) is 0 Å². The fourth-order valence-corrected chi connectivity index (χ4v) is 5.66. The van der Waals surface area contributed by atoms with E-state index in [9.17, 15) is 0 Å². The number of benzene rings is 1. The largest absolute Gasteiger partial charge is 0.356 e. The zero-order valence-corrected chi connectivity index (χ0v) is 19.2. The van der Waals surface area contributed by atoms with Crippen molar-refractivity contribution in [1.82, 2.24) is 20.4 Å². The van der Waals surface area contributed by atoms with E-state index < -0.39 is 0 Å². The van der Waals surface area contributed by atoms with Crippen molar-refractivity contribution in [2.24, 2.45) is 10.9 Å². The molecule has 2 N–H and O–H groups in total. The second kappa shape index (κ2) is 10.1. The molecule has 3 heterocycles. The quantitative estimate of drug-likeness (QED) is 0.576. The van der Waals surface area contributed by atoms with E-state index >= 15 is 0 Å². The van der Waals surface area contributed by atoms with Crippen LogP contribution in [0.1, 0.15) is 56.1 Å². The number of hydrogen-bond donors (Lipinski definition) is 2. The van der Waals surface area contributed by atoms with E-state index in [1.165, 1.54) is 69.2 Å². The molecule has 0 radical (unpaired) electrons. The summed E-state index contributed by atoms with van der Waals surface area (Å²) in [6.45, 7) is 6.68. The zero-order chi connectivity index (χ0) is 20.9. The summed E-state index contributed by atoms with van der Waals surface area (Å²) < 4.78 is 0. The fourth-order valence-electron chi connectivity index (χ4n) is 5.66. The van der Waals surface area contributed by atoms with Gasteiger partial charge in [0.25, 0.3) is 0 Å². The maximum absolute atomic E-state index is 4.53. The molecule has 0 aliphatic carbocycles. The topological polar surface area (TPSA) is 42.9 Å². The lowest BCUT2D eigenvalue weighted by Crippen LogP contribution is -2.57. The number of fused-ring (bicyclic) bond motifs is 2. The molecule has 0 spiro atoms. The smallest absolute Gasteiger partial charge is 0.191 e. The summed E-state index contributed by atoms with van der Waals surface area (Å²) in [5, 5.41) is 7.38. The van der Waals surface area contributed by atoms with Gasteiger partial charge < -0.3 is 15.5 Å². The summed E-state index contributed by atoms with van der Waals surface area (Å²) in [5.74, 6) is 1.75. The summed E-state index contributed by atoms with van der Waals surface area (Å²) in [6.07, 6.45) is 9.18. The van der Waals surface area contributed by atoms with Crippen molar-refractivity contribution in [2.75, 3.05) is 33.7 Å². The van der Waals surface area contributed by atoms with Gasteiger partial charge in [-0.05, 0) is 77.1 Å². The Morgan fingerprint density at radius 2 is 1.70 bits per heavy atom. The summed E-state index contributed by atoms with van der Waals surface area (Å²) in [7, 11) is 4.23. The molecule has 1 aromatic carbocycles. The van der Waals surface area contributed by atoms with Gasteiger partial charge in [0.2, 0.25) is 0 Å². The Kier molecular flexibility index (Phi) is 7.32. The molecule has 0 aromatic heterocycles. The van der Waals surface area contributed by atoms with Crippen LogP contribution in [0.2, 0.25) is 0 Å². The molecular formula is C25H41N5. The molecule has 2 atom stereocenters. The highest BCUT2D eigenvalue weighted by Gasteiger charge is 2.36. The van der Waals surface area contributed by atoms with Gasteiger partial charge in [-0.3, -0.25) is 9.89 Å². The number of nitrogens with zero attached hydrogens (tertiary/aromatic N) is 3. The van der Waals surface area contributed by atoms with E-state index in [2.05, 4.69) is 63.7 Å². The van der Waals surface area contributed by atoms with E-state index in [-0.39, 0.29) is 0 Å². The van der Waals surface area contributed by atoms with Crippen LogP contribution in [0.25, 0.3) is 0 Å². The maximum Gasteiger partial charge on any atom is 0.191 e. The summed E-state index contributed by atoms with van der Waals surface area (Å²) in [5.41, 5.74) is 2.78. The van der Waals surface area contributed by atoms with Gasteiger partial charge in [-0.15, -0.1) is 0 Å². The highest BCUT2D eigenvalue weighted by Crippen LogP contribution is 2.32. The molecule has 3 saturated heterocycles. The van der Waals surface area contributed by atoms with Gasteiger partial charge in [0, 0.05) is 38.3 Å². The lowest BCUT2D eigenvalue weighted by Gasteiger charge is -2.47. The van der Waals surface area contributed by atoms with Crippen LogP contribution in [0.4, 0.5) is 0 Å². The van der Waals surface area contributed by atoms with Gasteiger partial charge in [-0.25, -0.2) is 0 Å². The van der Waals surface area contributed by atoms with Gasteiger partial charge >= 0.3 is 0 Å². The maximum atomic E-state index is 4.53. The summed E-state index contributed by atoms with van der Waals surface area (Å²) >= 11 is 0. The van der Waals surface area contributed by atoms with Gasteiger partial charge in [0.15, 0.2) is 5.96 Å². The standard InChI is InChI=1S/C25H41N5/c1-19-7-9-21(10-8-19)18-30-13-11-20(12-14-30)17-27-25(26-2)28-22-15-23-5-4-6-24(16-22)29(23)3/h7-10,20,22-24H,4-6,11-18H2,1-3H3,(H2,26,27,28). The monoisotopic (exact) mass is 411 g/mol. The van der Waals surface area contributed by atoms with E-state index in [1.807, 2.05) is 7.05 Å². The molecule has 5 nitrogen and oxygen atoms in total. The Balaban J connectivity index is 1.18. The Labute approximate surface area is 183 Å². The first-order chi connectivity index (χ1) is 14.6. The minimum atomic E-state index is 0.569. The van der Waals surface area contributed by atoms with Gasteiger partial charge in [-0.1, -0.05) is 36.2 Å². The first-order valence-corrected chi connectivity index (χ1v) is 12.1. The minimum Gasteiger partial charge on any atom is -0.356 e. The Bertz CT molecular complexity index is 678. The predicted molar refractivity (Wildman–Crippen MR) is 126 cm³/mol. The summed E-state index contributed by atoms with van der Waals surface area (Å²) in [4.78, 5) is 9.76. The molecule has 4 rings (SSSR count). The van der Waals surface area contributed by atoms with Crippen LogP contribution in [0.5, 0.6) is 0 Å². The number of piperidine rings is 3. The number of aliphatic imine (C=N–C) groups is 1. The number of rotatable bonds is 5. The van der Waals surface area contributed by atoms with Crippen LogP contribution in [0.3, 0.4) is 0 Å². The molecule has 1 aromatic rings. The van der Waals surface area contributed by atoms with Crippen molar-refractivity contribution in [3.8, 4) is 0 Å². The van der Waals surface area contributed by atoms with Crippen molar-refractivity contribution in [3.63, 3.8) is 0 Å². The molecule has 3 fully saturated rings. The zero-order valence-electron chi connectivity index (χ0n) is 19.2. The molecule has 30 heavy (non-hydrogen) atoms. The van der Waals surface area contributed by atoms with Crippen molar-refractivity contribution < 1.29 is 0 Å². The fraction of sp³-hybridized carbons (Fsp3) is 0.720. The second-order valence-electron chi connectivity index (χ2n) is 9.87. The molecule has 2 bridgehead atoms. The van der Waals surface area contributed by atoms with E-state index in [0.717, 1.165) is 37.1 Å². The highest BCUT2D eigenvalue weighted by molar-refractivity contribution is 5.80. The lowest BCUT2D eigenvalue weighted by molar-refractivity contribution is 0.0526. The molecule has 5 heteroatoms. The van der Waals surface area contributed by atoms with E-state index in [4.69, 9.17) is 0 Å². The van der Waals surface area contributed by atoms with Crippen LogP contribution >= 0.6 is 0 Å². The number of aryl methyl sites for hydroxylation is 1. The highest BCUT2D eigenvalue weighted by atomic mass is 15.2. The Hall–Kier alpha value is -1.59. The van der Waals surface area contributed by atoms with Crippen LogP contribution in [0.15, 0.2) is 29.3 Å². The Morgan fingerprint density at radius 3 is 2.33 bits per heavy atom. The SMILES string of the molecule is CN=C(NCC1CCN(Cc2ccc(C)cc2)CC1)NC1CC2CCCC(C1)N2C. The number of likely N-dealkylation sites (tertiary alicyclic amines) is 1. The average Bonchev–Trinajstić information content (AvgIpc) is 2.74. The third-order valence-corrected chi connectivity index (χ3v) is 7.70. The molecule has 166 valence electrons. The molecule has 0 saturated carbocycles. The third kappa shape index (κ3) is 5.55. The molecule has 3 aliphatic heterocycles. The van der Waals surface area contributed by atoms with Crippen LogP contribution < -0.4 is 10.6 Å². The van der Waals surface area contributed by atoms with Crippen molar-refractivity contribution >= 4 is 5.96 Å². The number of nitrogens with one attached hydrogen (secondary N) is 2. The second-order valence-corrected chi connectivity index (χ2v) is 9.87. The van der Waals surface area contributed by atoms with Crippen LogP contribution in [-0.4, -0.2) is 67.6 Å². The van der Waals surface area contributed by atoms with Crippen LogP contribution in [0, 0.1) is 12.8 Å². The minimum absolute atomic E-state index is 0.569. The molecular weight excluding hydrogens is 370 g/mol. The van der Waals surface area contributed by atoms with Gasteiger partial charge in [0.1, 0.15) is 0 Å². The summed E-state index contributed by atoms with van der Waals surface area (Å²) in [6, 6.07) is 11.1. The molecule has 2 unspecified atom stereocenters. The van der Waals surface area contributed by atoms with Crippen molar-refractivity contribution in [3.05, 3.63) is 35.4 Å².